The van der Waals surface area contributed by atoms with E-state index in [1.807, 2.05) is 35.0 Å². The molecule has 6 nitrogen and oxygen atoms in total. The van der Waals surface area contributed by atoms with Crippen LogP contribution in [0, 0.1) is 0 Å². The van der Waals surface area contributed by atoms with E-state index in [9.17, 15) is 9.59 Å². The van der Waals surface area contributed by atoms with Gasteiger partial charge in [0.1, 0.15) is 0 Å². The third-order valence-corrected chi connectivity index (χ3v) is 4.45. The summed E-state index contributed by atoms with van der Waals surface area (Å²) in [6.45, 7) is 0. The molecule has 0 unspecified atom stereocenters. The molecule has 3 heterocycles. The fourth-order valence-corrected chi connectivity index (χ4v) is 3.17. The van der Waals surface area contributed by atoms with Crippen molar-refractivity contribution in [2.45, 2.75) is 0 Å². The van der Waals surface area contributed by atoms with Gasteiger partial charge in [0.15, 0.2) is 0 Å². The predicted octanol–water partition coefficient (Wildman–Crippen LogP) is 3.20. The SMILES string of the molecule is O=C1c2ccccc2C(=O)N1c1ccc(-c2cn3cccnc3n2)cc1. The fraction of sp³-hybridized carbons (Fsp3) is 0. The summed E-state index contributed by atoms with van der Waals surface area (Å²) in [5.41, 5.74) is 3.08. The van der Waals surface area contributed by atoms with Crippen molar-refractivity contribution in [1.82, 2.24) is 14.4 Å². The van der Waals surface area contributed by atoms with Crippen molar-refractivity contribution < 1.29 is 9.59 Å². The number of carbonyl (C=O) groups excluding carboxylic acids is 2. The largest absolute Gasteiger partial charge is 0.291 e. The number of imidazole rings is 1. The molecule has 4 aromatic rings. The number of hydrogen-bond acceptors (Lipinski definition) is 4. The summed E-state index contributed by atoms with van der Waals surface area (Å²) in [6.07, 6.45) is 5.46. The van der Waals surface area contributed by atoms with Gasteiger partial charge in [0.05, 0.1) is 22.5 Å². The molecule has 2 aromatic carbocycles. The van der Waals surface area contributed by atoms with Crippen molar-refractivity contribution in [1.29, 1.82) is 0 Å². The molecule has 6 heteroatoms. The summed E-state index contributed by atoms with van der Waals surface area (Å²) in [5.74, 6) is 0.0254. The van der Waals surface area contributed by atoms with Crippen molar-refractivity contribution in [3.63, 3.8) is 0 Å². The summed E-state index contributed by atoms with van der Waals surface area (Å²) in [4.78, 5) is 35.0. The molecule has 0 saturated heterocycles. The molecule has 0 aliphatic carbocycles. The van der Waals surface area contributed by atoms with Gasteiger partial charge in [-0.05, 0) is 30.3 Å². The first kappa shape index (κ1) is 14.5. The Labute approximate surface area is 148 Å². The van der Waals surface area contributed by atoms with E-state index < -0.39 is 0 Å². The van der Waals surface area contributed by atoms with Crippen molar-refractivity contribution in [3.05, 3.63) is 84.3 Å². The van der Waals surface area contributed by atoms with Crippen LogP contribution in [0.25, 0.3) is 17.0 Å². The minimum Gasteiger partial charge on any atom is -0.291 e. The van der Waals surface area contributed by atoms with Gasteiger partial charge in [-0.1, -0.05) is 24.3 Å². The van der Waals surface area contributed by atoms with E-state index in [0.29, 0.717) is 22.6 Å². The normalized spacial score (nSPS) is 13.5. The van der Waals surface area contributed by atoms with Crippen LogP contribution in [0.4, 0.5) is 5.69 Å². The van der Waals surface area contributed by atoms with Gasteiger partial charge in [-0.15, -0.1) is 0 Å². The number of anilines is 1. The Kier molecular flexibility index (Phi) is 2.99. The van der Waals surface area contributed by atoms with Crippen LogP contribution in [-0.2, 0) is 0 Å². The average molecular weight is 340 g/mol. The second-order valence-electron chi connectivity index (χ2n) is 5.99. The minimum absolute atomic E-state index is 0.296. The van der Waals surface area contributed by atoms with E-state index in [4.69, 9.17) is 0 Å². The van der Waals surface area contributed by atoms with Crippen LogP contribution >= 0.6 is 0 Å². The lowest BCUT2D eigenvalue weighted by Gasteiger charge is -2.14. The smallest absolute Gasteiger partial charge is 0.266 e. The van der Waals surface area contributed by atoms with E-state index >= 15 is 0 Å². The van der Waals surface area contributed by atoms with Gasteiger partial charge >= 0.3 is 0 Å². The number of hydrogen-bond donors (Lipinski definition) is 0. The zero-order chi connectivity index (χ0) is 17.7. The fourth-order valence-electron chi connectivity index (χ4n) is 3.17. The molecular weight excluding hydrogens is 328 g/mol. The second-order valence-corrected chi connectivity index (χ2v) is 5.99. The third kappa shape index (κ3) is 2.05. The maximum absolute atomic E-state index is 12.6. The lowest BCUT2D eigenvalue weighted by molar-refractivity contribution is 0.0926. The van der Waals surface area contributed by atoms with E-state index in [1.54, 1.807) is 42.6 Å². The Morgan fingerprint density at radius 3 is 2.15 bits per heavy atom. The Morgan fingerprint density at radius 1 is 0.808 bits per heavy atom. The highest BCUT2D eigenvalue weighted by molar-refractivity contribution is 6.34. The summed E-state index contributed by atoms with van der Waals surface area (Å²) in [6, 6.07) is 15.9. The minimum atomic E-state index is -0.296. The Morgan fingerprint density at radius 2 is 1.50 bits per heavy atom. The topological polar surface area (TPSA) is 67.6 Å². The molecule has 124 valence electrons. The van der Waals surface area contributed by atoms with Gasteiger partial charge in [0.25, 0.3) is 11.8 Å². The molecule has 0 N–H and O–H groups in total. The molecule has 26 heavy (non-hydrogen) atoms. The van der Waals surface area contributed by atoms with Gasteiger partial charge in [0, 0.05) is 24.2 Å². The quantitative estimate of drug-likeness (QED) is 0.526. The molecule has 5 rings (SSSR count). The predicted molar refractivity (Wildman–Crippen MR) is 96.0 cm³/mol. The first-order valence-electron chi connectivity index (χ1n) is 8.10. The number of amides is 2. The van der Waals surface area contributed by atoms with Gasteiger partial charge in [-0.2, -0.15) is 0 Å². The molecule has 1 aliphatic heterocycles. The summed E-state index contributed by atoms with van der Waals surface area (Å²) >= 11 is 0. The Hall–Kier alpha value is -3.80. The number of aromatic nitrogens is 3. The highest BCUT2D eigenvalue weighted by Crippen LogP contribution is 2.29. The van der Waals surface area contributed by atoms with E-state index in [-0.39, 0.29) is 11.8 Å². The van der Waals surface area contributed by atoms with Crippen molar-refractivity contribution in [3.8, 4) is 11.3 Å². The van der Waals surface area contributed by atoms with Crippen LogP contribution in [0.15, 0.2) is 73.2 Å². The van der Waals surface area contributed by atoms with E-state index in [1.165, 1.54) is 4.90 Å². The zero-order valence-electron chi connectivity index (χ0n) is 13.5. The molecule has 0 atom stereocenters. The maximum Gasteiger partial charge on any atom is 0.266 e. The van der Waals surface area contributed by atoms with Crippen molar-refractivity contribution in [2.24, 2.45) is 0 Å². The van der Waals surface area contributed by atoms with Crippen LogP contribution in [-0.4, -0.2) is 26.2 Å². The second kappa shape index (κ2) is 5.35. The van der Waals surface area contributed by atoms with Gasteiger partial charge in [-0.25, -0.2) is 14.9 Å². The summed E-state index contributed by atoms with van der Waals surface area (Å²) < 4.78 is 1.84. The maximum atomic E-state index is 12.6. The van der Waals surface area contributed by atoms with Crippen LogP contribution < -0.4 is 4.90 Å². The number of fused-ring (bicyclic) bond motifs is 2. The first-order valence-corrected chi connectivity index (χ1v) is 8.10. The molecule has 0 saturated carbocycles. The molecule has 0 fully saturated rings. The summed E-state index contributed by atoms with van der Waals surface area (Å²) in [5, 5.41) is 0. The highest BCUT2D eigenvalue weighted by Gasteiger charge is 2.36. The van der Waals surface area contributed by atoms with E-state index in [0.717, 1.165) is 11.3 Å². The zero-order valence-corrected chi connectivity index (χ0v) is 13.5. The molecule has 0 radical (unpaired) electrons. The average Bonchev–Trinajstić information content (AvgIpc) is 3.22. The number of carbonyl (C=O) groups is 2. The van der Waals surface area contributed by atoms with Crippen LogP contribution in [0.2, 0.25) is 0 Å². The molecule has 2 aromatic heterocycles. The monoisotopic (exact) mass is 340 g/mol. The standard InChI is InChI=1S/C20H12N4O2/c25-18-15-4-1-2-5-16(15)19(26)24(18)14-8-6-13(7-9-14)17-12-23-11-3-10-21-20(23)22-17/h1-12H. The first-order chi connectivity index (χ1) is 12.7. The Bertz CT molecular complexity index is 1110. The number of imide groups is 1. The molecule has 0 bridgehead atoms. The van der Waals surface area contributed by atoms with Gasteiger partial charge < -0.3 is 0 Å². The Balaban J connectivity index is 1.51. The lowest BCUT2D eigenvalue weighted by atomic mass is 10.1. The van der Waals surface area contributed by atoms with Gasteiger partial charge in [-0.3, -0.25) is 14.0 Å². The summed E-state index contributed by atoms with van der Waals surface area (Å²) in [7, 11) is 0. The number of rotatable bonds is 2. The van der Waals surface area contributed by atoms with Crippen LogP contribution in [0.1, 0.15) is 20.7 Å². The lowest BCUT2D eigenvalue weighted by Crippen LogP contribution is -2.29. The number of benzene rings is 2. The van der Waals surface area contributed by atoms with E-state index in [2.05, 4.69) is 9.97 Å². The highest BCUT2D eigenvalue weighted by atomic mass is 16.2. The van der Waals surface area contributed by atoms with Crippen molar-refractivity contribution >= 4 is 23.3 Å². The van der Waals surface area contributed by atoms with Crippen molar-refractivity contribution in [2.75, 3.05) is 4.90 Å². The van der Waals surface area contributed by atoms with Crippen LogP contribution in [0.5, 0.6) is 0 Å². The van der Waals surface area contributed by atoms with Crippen LogP contribution in [0.3, 0.4) is 0 Å². The van der Waals surface area contributed by atoms with Gasteiger partial charge in [0.2, 0.25) is 5.78 Å². The third-order valence-electron chi connectivity index (χ3n) is 4.45. The molecular formula is C20H12N4O2. The number of nitrogens with zero attached hydrogens (tertiary/aromatic N) is 4. The molecule has 0 spiro atoms. The molecule has 2 amide bonds. The molecule has 1 aliphatic rings.